The maximum Gasteiger partial charge on any atom is 0.124 e. The van der Waals surface area contributed by atoms with E-state index in [9.17, 15) is 0 Å². The topological polar surface area (TPSA) is 87.9 Å². The van der Waals surface area contributed by atoms with Gasteiger partial charge in [-0.2, -0.15) is 0 Å². The smallest absolute Gasteiger partial charge is 0.124 e. The number of rotatable bonds is 3. The minimum Gasteiger partial charge on any atom is -0.398 e. The van der Waals surface area contributed by atoms with Gasteiger partial charge in [0.1, 0.15) is 5.84 Å². The fourth-order valence-electron chi connectivity index (χ4n) is 1.13. The van der Waals surface area contributed by atoms with Crippen LogP contribution in [0.2, 0.25) is 0 Å². The van der Waals surface area contributed by atoms with Crippen molar-refractivity contribution in [2.24, 2.45) is 5.73 Å². The second-order valence-electron chi connectivity index (χ2n) is 3.12. The van der Waals surface area contributed by atoms with Crippen LogP contribution >= 0.6 is 0 Å². The van der Waals surface area contributed by atoms with E-state index in [0.29, 0.717) is 11.3 Å². The predicted octanol–water partition coefficient (Wildman–Crippen LogP) is 1.50. The van der Waals surface area contributed by atoms with Crippen molar-refractivity contribution in [3.8, 4) is 0 Å². The van der Waals surface area contributed by atoms with Gasteiger partial charge in [0.2, 0.25) is 0 Å². The zero-order valence-corrected chi connectivity index (χ0v) is 8.09. The third-order valence-electron chi connectivity index (χ3n) is 1.70. The molecule has 0 amide bonds. The van der Waals surface area contributed by atoms with Crippen LogP contribution in [0.25, 0.3) is 0 Å². The summed E-state index contributed by atoms with van der Waals surface area (Å²) in [4.78, 5) is 0. The van der Waals surface area contributed by atoms with Crippen molar-refractivity contribution in [3.63, 3.8) is 0 Å². The van der Waals surface area contributed by atoms with Gasteiger partial charge >= 0.3 is 0 Å². The van der Waals surface area contributed by atoms with Crippen LogP contribution in [0.3, 0.4) is 0 Å². The molecule has 0 heterocycles. The molecular weight excluding hydrogens is 176 g/mol. The molecule has 0 aliphatic heterocycles. The molecule has 0 spiro atoms. The van der Waals surface area contributed by atoms with Crippen LogP contribution in [-0.4, -0.2) is 5.84 Å². The maximum absolute atomic E-state index is 7.25. The number of benzene rings is 1. The normalized spacial score (nSPS) is 9.50. The first kappa shape index (κ1) is 10.1. The molecule has 0 atom stereocenters. The molecule has 1 rings (SSSR count). The highest BCUT2D eigenvalue weighted by atomic mass is 14.9. The first-order valence-electron chi connectivity index (χ1n) is 4.17. The number of amidine groups is 1. The molecule has 0 radical (unpaired) electrons. The van der Waals surface area contributed by atoms with Gasteiger partial charge in [0, 0.05) is 22.6 Å². The molecule has 0 saturated heterocycles. The van der Waals surface area contributed by atoms with Crippen molar-refractivity contribution in [3.05, 3.63) is 36.0 Å². The molecule has 6 N–H and O–H groups in total. The van der Waals surface area contributed by atoms with Gasteiger partial charge in [0.15, 0.2) is 0 Å². The average Bonchev–Trinajstić information content (AvgIpc) is 2.01. The van der Waals surface area contributed by atoms with E-state index in [0.717, 1.165) is 11.4 Å². The SMILES string of the molecule is C=C(C)Nc1ccc(C(=N)N)c(N)c1. The molecule has 74 valence electrons. The Balaban J connectivity index is 3.00. The molecule has 0 aromatic heterocycles. The molecule has 0 fully saturated rings. The van der Waals surface area contributed by atoms with Gasteiger partial charge in [0.25, 0.3) is 0 Å². The summed E-state index contributed by atoms with van der Waals surface area (Å²) in [6, 6.07) is 5.25. The molecule has 0 saturated carbocycles. The fourth-order valence-corrected chi connectivity index (χ4v) is 1.13. The average molecular weight is 190 g/mol. The van der Waals surface area contributed by atoms with E-state index >= 15 is 0 Å². The van der Waals surface area contributed by atoms with Crippen molar-refractivity contribution in [1.29, 1.82) is 5.41 Å². The van der Waals surface area contributed by atoms with Gasteiger partial charge in [-0.05, 0) is 25.1 Å². The highest BCUT2D eigenvalue weighted by Crippen LogP contribution is 2.18. The lowest BCUT2D eigenvalue weighted by Gasteiger charge is -2.08. The van der Waals surface area contributed by atoms with Gasteiger partial charge in [-0.3, -0.25) is 5.41 Å². The third kappa shape index (κ3) is 2.26. The Kier molecular flexibility index (Phi) is 2.76. The van der Waals surface area contributed by atoms with Crippen molar-refractivity contribution < 1.29 is 0 Å². The zero-order valence-electron chi connectivity index (χ0n) is 8.09. The summed E-state index contributed by atoms with van der Waals surface area (Å²) >= 11 is 0. The van der Waals surface area contributed by atoms with Crippen molar-refractivity contribution >= 4 is 17.2 Å². The van der Waals surface area contributed by atoms with Crippen molar-refractivity contribution in [2.75, 3.05) is 11.1 Å². The van der Waals surface area contributed by atoms with E-state index in [1.165, 1.54) is 0 Å². The summed E-state index contributed by atoms with van der Waals surface area (Å²) in [5.41, 5.74) is 13.8. The molecule has 0 bridgehead atoms. The minimum atomic E-state index is -0.0237. The lowest BCUT2D eigenvalue weighted by Crippen LogP contribution is -2.13. The van der Waals surface area contributed by atoms with E-state index in [-0.39, 0.29) is 5.84 Å². The van der Waals surface area contributed by atoms with Crippen LogP contribution < -0.4 is 16.8 Å². The Morgan fingerprint density at radius 1 is 1.50 bits per heavy atom. The van der Waals surface area contributed by atoms with Crippen LogP contribution in [0.15, 0.2) is 30.5 Å². The van der Waals surface area contributed by atoms with Gasteiger partial charge in [0.05, 0.1) is 0 Å². The zero-order chi connectivity index (χ0) is 10.7. The molecule has 1 aromatic carbocycles. The summed E-state index contributed by atoms with van der Waals surface area (Å²) in [7, 11) is 0. The molecule has 4 heteroatoms. The van der Waals surface area contributed by atoms with E-state index < -0.39 is 0 Å². The number of nitrogens with two attached hydrogens (primary N) is 2. The van der Waals surface area contributed by atoms with Gasteiger partial charge in [-0.25, -0.2) is 0 Å². The van der Waals surface area contributed by atoms with Gasteiger partial charge in [-0.1, -0.05) is 6.58 Å². The number of nitrogen functional groups attached to an aromatic ring is 2. The number of nitrogens with one attached hydrogen (secondary N) is 2. The van der Waals surface area contributed by atoms with E-state index in [2.05, 4.69) is 11.9 Å². The first-order valence-corrected chi connectivity index (χ1v) is 4.17. The van der Waals surface area contributed by atoms with Crippen LogP contribution in [0, 0.1) is 5.41 Å². The highest BCUT2D eigenvalue weighted by molar-refractivity contribution is 6.00. The number of hydrogen-bond donors (Lipinski definition) is 4. The monoisotopic (exact) mass is 190 g/mol. The Labute approximate surface area is 83.1 Å². The number of anilines is 2. The molecule has 14 heavy (non-hydrogen) atoms. The van der Waals surface area contributed by atoms with E-state index in [4.69, 9.17) is 16.9 Å². The Hall–Kier alpha value is -1.97. The highest BCUT2D eigenvalue weighted by Gasteiger charge is 2.02. The molecule has 0 aliphatic rings. The Morgan fingerprint density at radius 3 is 2.57 bits per heavy atom. The van der Waals surface area contributed by atoms with Crippen LogP contribution in [0.1, 0.15) is 12.5 Å². The summed E-state index contributed by atoms with van der Waals surface area (Å²) in [6.45, 7) is 5.57. The second-order valence-corrected chi connectivity index (χ2v) is 3.12. The molecule has 0 aliphatic carbocycles. The molecular formula is C10H14N4. The quantitative estimate of drug-likeness (QED) is 0.331. The summed E-state index contributed by atoms with van der Waals surface area (Å²) < 4.78 is 0. The summed E-state index contributed by atoms with van der Waals surface area (Å²) in [5.74, 6) is -0.0237. The lowest BCUT2D eigenvalue weighted by molar-refractivity contribution is 1.38. The summed E-state index contributed by atoms with van der Waals surface area (Å²) in [6.07, 6.45) is 0. The minimum absolute atomic E-state index is 0.0237. The van der Waals surface area contributed by atoms with Gasteiger partial charge in [-0.15, -0.1) is 0 Å². The van der Waals surface area contributed by atoms with Gasteiger partial charge < -0.3 is 16.8 Å². The molecule has 0 unspecified atom stereocenters. The van der Waals surface area contributed by atoms with Crippen LogP contribution in [0.5, 0.6) is 0 Å². The van der Waals surface area contributed by atoms with Crippen molar-refractivity contribution in [1.82, 2.24) is 0 Å². The molecule has 1 aromatic rings. The number of allylic oxidation sites excluding steroid dienone is 1. The predicted molar refractivity (Wildman–Crippen MR) is 60.3 cm³/mol. The Bertz CT molecular complexity index is 382. The Morgan fingerprint density at radius 2 is 2.14 bits per heavy atom. The largest absolute Gasteiger partial charge is 0.398 e. The lowest BCUT2D eigenvalue weighted by atomic mass is 10.1. The molecule has 4 nitrogen and oxygen atoms in total. The summed E-state index contributed by atoms with van der Waals surface area (Å²) in [5, 5.41) is 10.3. The first-order chi connectivity index (χ1) is 6.50. The van der Waals surface area contributed by atoms with Crippen LogP contribution in [-0.2, 0) is 0 Å². The van der Waals surface area contributed by atoms with Crippen molar-refractivity contribution in [2.45, 2.75) is 6.92 Å². The standard InChI is InChI=1S/C10H14N4/c1-6(2)14-7-3-4-8(10(12)13)9(11)5-7/h3-5,14H,1,11H2,2H3,(H3,12,13). The third-order valence-corrected chi connectivity index (χ3v) is 1.70. The van der Waals surface area contributed by atoms with E-state index in [1.54, 1.807) is 12.1 Å². The maximum atomic E-state index is 7.25. The van der Waals surface area contributed by atoms with E-state index in [1.807, 2.05) is 13.0 Å². The fraction of sp³-hybridized carbons (Fsp3) is 0.100. The number of hydrogen-bond acceptors (Lipinski definition) is 3. The van der Waals surface area contributed by atoms with Crippen LogP contribution in [0.4, 0.5) is 11.4 Å². The second kappa shape index (κ2) is 3.83.